The number of esters is 1. The molecule has 1 aliphatic rings. The van der Waals surface area contributed by atoms with Crippen LogP contribution in [0.2, 0.25) is 0 Å². The third-order valence-electron chi connectivity index (χ3n) is 5.67. The number of benzene rings is 1. The fourth-order valence-corrected chi connectivity index (χ4v) is 3.76. The molecule has 1 fully saturated rings. The molecule has 1 unspecified atom stereocenters. The minimum atomic E-state index is -0.710. The lowest BCUT2D eigenvalue weighted by Gasteiger charge is -2.33. The van der Waals surface area contributed by atoms with Gasteiger partial charge in [-0.2, -0.15) is 0 Å². The summed E-state index contributed by atoms with van der Waals surface area (Å²) in [4.78, 5) is 53.1. The molecule has 3 amide bonds. The van der Waals surface area contributed by atoms with Gasteiger partial charge in [0.1, 0.15) is 6.04 Å². The normalized spacial score (nSPS) is 15.2. The van der Waals surface area contributed by atoms with Crippen LogP contribution in [0.25, 0.3) is 0 Å². The zero-order valence-corrected chi connectivity index (χ0v) is 19.5. The van der Waals surface area contributed by atoms with Crippen molar-refractivity contribution in [2.75, 3.05) is 33.3 Å². The largest absolute Gasteiger partial charge is 0.466 e. The Kier molecular flexibility index (Phi) is 9.68. The molecule has 8 heteroatoms. The monoisotopic (exact) mass is 445 g/mol. The lowest BCUT2D eigenvalue weighted by atomic mass is 9.97. The number of likely N-dealkylation sites (N-methyl/N-ethyl adjacent to an activating group) is 1. The minimum absolute atomic E-state index is 0.0688. The van der Waals surface area contributed by atoms with E-state index in [1.807, 2.05) is 44.2 Å². The van der Waals surface area contributed by atoms with Crippen LogP contribution < -0.4 is 5.32 Å². The summed E-state index contributed by atoms with van der Waals surface area (Å²) in [6.07, 6.45) is 1.31. The van der Waals surface area contributed by atoms with Crippen LogP contribution in [0.1, 0.15) is 39.2 Å². The molecule has 2 rings (SSSR count). The highest BCUT2D eigenvalue weighted by molar-refractivity contribution is 5.91. The average Bonchev–Trinajstić information content (AvgIpc) is 2.77. The molecule has 0 radical (unpaired) electrons. The number of nitrogens with zero attached hydrogens (tertiary/aromatic N) is 2. The zero-order chi connectivity index (χ0) is 23.7. The molecular formula is C24H35N3O5. The van der Waals surface area contributed by atoms with Crippen molar-refractivity contribution in [1.29, 1.82) is 0 Å². The molecule has 0 aliphatic carbocycles. The van der Waals surface area contributed by atoms with Gasteiger partial charge in [-0.25, -0.2) is 0 Å². The van der Waals surface area contributed by atoms with Crippen molar-refractivity contribution in [3.63, 3.8) is 0 Å². The van der Waals surface area contributed by atoms with Crippen molar-refractivity contribution in [1.82, 2.24) is 15.1 Å². The molecule has 1 aromatic rings. The molecule has 32 heavy (non-hydrogen) atoms. The van der Waals surface area contributed by atoms with Gasteiger partial charge >= 0.3 is 5.97 Å². The summed E-state index contributed by atoms with van der Waals surface area (Å²) in [5.74, 6) is -1.21. The van der Waals surface area contributed by atoms with Crippen LogP contribution in [0.15, 0.2) is 30.3 Å². The highest BCUT2D eigenvalue weighted by Gasteiger charge is 2.31. The summed E-state index contributed by atoms with van der Waals surface area (Å²) in [6.45, 7) is 6.71. The van der Waals surface area contributed by atoms with E-state index in [4.69, 9.17) is 4.74 Å². The lowest BCUT2D eigenvalue weighted by molar-refractivity contribution is -0.151. The Balaban J connectivity index is 1.87. The maximum atomic E-state index is 13.0. The van der Waals surface area contributed by atoms with Crippen molar-refractivity contribution >= 4 is 23.7 Å². The van der Waals surface area contributed by atoms with Gasteiger partial charge < -0.3 is 19.9 Å². The first kappa shape index (κ1) is 25.4. The number of amides is 3. The Morgan fingerprint density at radius 3 is 2.31 bits per heavy atom. The van der Waals surface area contributed by atoms with E-state index in [2.05, 4.69) is 5.32 Å². The summed E-state index contributed by atoms with van der Waals surface area (Å²) in [5, 5.41) is 2.82. The summed E-state index contributed by atoms with van der Waals surface area (Å²) in [7, 11) is 1.57. The number of hydrogen-bond acceptors (Lipinski definition) is 5. The van der Waals surface area contributed by atoms with Gasteiger partial charge in [-0.05, 0) is 31.2 Å². The molecule has 1 heterocycles. The molecule has 1 saturated heterocycles. The quantitative estimate of drug-likeness (QED) is 0.583. The SMILES string of the molecule is CCOC(=O)C1CCN(C(=O)CN(C)C(=O)C(NC(=O)Cc2ccccc2)C(C)C)CC1. The van der Waals surface area contributed by atoms with E-state index in [1.54, 1.807) is 18.9 Å². The number of nitrogens with one attached hydrogen (secondary N) is 1. The van der Waals surface area contributed by atoms with Gasteiger partial charge in [0.2, 0.25) is 17.7 Å². The number of ether oxygens (including phenoxy) is 1. The molecule has 1 aliphatic heterocycles. The molecular weight excluding hydrogens is 410 g/mol. The second-order valence-electron chi connectivity index (χ2n) is 8.55. The van der Waals surface area contributed by atoms with Crippen LogP contribution in [0, 0.1) is 11.8 Å². The third-order valence-corrected chi connectivity index (χ3v) is 5.67. The van der Waals surface area contributed by atoms with E-state index < -0.39 is 6.04 Å². The first-order chi connectivity index (χ1) is 15.2. The van der Waals surface area contributed by atoms with E-state index in [-0.39, 0.29) is 48.5 Å². The van der Waals surface area contributed by atoms with Gasteiger partial charge in [0, 0.05) is 20.1 Å². The first-order valence-electron chi connectivity index (χ1n) is 11.3. The average molecular weight is 446 g/mol. The first-order valence-corrected chi connectivity index (χ1v) is 11.3. The number of carbonyl (C=O) groups is 4. The Labute approximate surface area is 190 Å². The topological polar surface area (TPSA) is 96.0 Å². The Morgan fingerprint density at radius 1 is 1.12 bits per heavy atom. The predicted octanol–water partition coefficient (Wildman–Crippen LogP) is 1.63. The molecule has 0 aromatic heterocycles. The van der Waals surface area contributed by atoms with Crippen LogP contribution in [0.4, 0.5) is 0 Å². The van der Waals surface area contributed by atoms with E-state index >= 15 is 0 Å². The van der Waals surface area contributed by atoms with Crippen LogP contribution in [-0.2, 0) is 30.3 Å². The number of rotatable bonds is 9. The maximum Gasteiger partial charge on any atom is 0.309 e. The van der Waals surface area contributed by atoms with Crippen molar-refractivity contribution in [2.24, 2.45) is 11.8 Å². The van der Waals surface area contributed by atoms with Crippen molar-refractivity contribution in [3.8, 4) is 0 Å². The van der Waals surface area contributed by atoms with Gasteiger partial charge in [-0.3, -0.25) is 19.2 Å². The van der Waals surface area contributed by atoms with Crippen LogP contribution in [0.5, 0.6) is 0 Å². The van der Waals surface area contributed by atoms with E-state index in [0.717, 1.165) is 5.56 Å². The van der Waals surface area contributed by atoms with E-state index in [9.17, 15) is 19.2 Å². The second-order valence-corrected chi connectivity index (χ2v) is 8.55. The van der Waals surface area contributed by atoms with Crippen molar-refractivity contribution < 1.29 is 23.9 Å². The van der Waals surface area contributed by atoms with Gasteiger partial charge in [-0.15, -0.1) is 0 Å². The smallest absolute Gasteiger partial charge is 0.309 e. The zero-order valence-electron chi connectivity index (χ0n) is 19.5. The van der Waals surface area contributed by atoms with Gasteiger partial charge in [-0.1, -0.05) is 44.2 Å². The van der Waals surface area contributed by atoms with E-state index in [0.29, 0.717) is 32.5 Å². The fourth-order valence-electron chi connectivity index (χ4n) is 3.76. The Hall–Kier alpha value is -2.90. The van der Waals surface area contributed by atoms with Gasteiger partial charge in [0.15, 0.2) is 0 Å². The Morgan fingerprint density at radius 2 is 1.75 bits per heavy atom. The molecule has 0 saturated carbocycles. The maximum absolute atomic E-state index is 13.0. The lowest BCUT2D eigenvalue weighted by Crippen LogP contribution is -2.53. The highest BCUT2D eigenvalue weighted by Crippen LogP contribution is 2.19. The summed E-state index contributed by atoms with van der Waals surface area (Å²) in [6, 6.07) is 8.63. The van der Waals surface area contributed by atoms with Crippen molar-refractivity contribution in [2.45, 2.75) is 46.1 Å². The van der Waals surface area contributed by atoms with Crippen LogP contribution >= 0.6 is 0 Å². The van der Waals surface area contributed by atoms with Crippen molar-refractivity contribution in [3.05, 3.63) is 35.9 Å². The summed E-state index contributed by atoms with van der Waals surface area (Å²) >= 11 is 0. The second kappa shape index (κ2) is 12.2. The molecule has 0 spiro atoms. The number of hydrogen-bond donors (Lipinski definition) is 1. The molecule has 8 nitrogen and oxygen atoms in total. The fraction of sp³-hybridized carbons (Fsp3) is 0.583. The standard InChI is InChI=1S/C24H35N3O5/c1-5-32-24(31)19-11-13-27(14-12-19)21(29)16-26(4)23(30)22(17(2)3)25-20(28)15-18-9-7-6-8-10-18/h6-10,17,19,22H,5,11-16H2,1-4H3,(H,25,28). The third kappa shape index (κ3) is 7.35. The molecule has 0 bridgehead atoms. The van der Waals surface area contributed by atoms with E-state index in [1.165, 1.54) is 4.90 Å². The van der Waals surface area contributed by atoms with Gasteiger partial charge in [0.05, 0.1) is 25.5 Å². The van der Waals surface area contributed by atoms with Crippen LogP contribution in [0.3, 0.4) is 0 Å². The number of likely N-dealkylation sites (tertiary alicyclic amines) is 1. The summed E-state index contributed by atoms with van der Waals surface area (Å²) < 4.78 is 5.06. The summed E-state index contributed by atoms with van der Waals surface area (Å²) in [5.41, 5.74) is 0.870. The highest BCUT2D eigenvalue weighted by atomic mass is 16.5. The predicted molar refractivity (Wildman–Crippen MR) is 120 cm³/mol. The van der Waals surface area contributed by atoms with Gasteiger partial charge in [0.25, 0.3) is 0 Å². The molecule has 1 aromatic carbocycles. The number of carbonyl (C=O) groups excluding carboxylic acids is 4. The molecule has 176 valence electrons. The molecule has 1 atom stereocenters. The number of piperidine rings is 1. The van der Waals surface area contributed by atoms with Crippen LogP contribution in [-0.4, -0.2) is 72.8 Å². The Bertz CT molecular complexity index is 788. The minimum Gasteiger partial charge on any atom is -0.466 e. The molecule has 1 N–H and O–H groups in total.